The molecule has 0 amide bonds. The maximum absolute atomic E-state index is 10.6. The van der Waals surface area contributed by atoms with Gasteiger partial charge in [-0.25, -0.2) is 0 Å². The minimum Gasteiger partial charge on any atom is -0.423 e. The molecule has 6 heteroatoms. The van der Waals surface area contributed by atoms with Gasteiger partial charge in [0.15, 0.2) is 5.58 Å². The number of oxazole rings is 1. The zero-order chi connectivity index (χ0) is 17.4. The highest BCUT2D eigenvalue weighted by molar-refractivity contribution is 7.12. The Morgan fingerprint density at radius 1 is 1.20 bits per heavy atom. The number of aromatic nitrogens is 1. The van der Waals surface area contributed by atoms with Crippen molar-refractivity contribution < 1.29 is 9.52 Å². The molecule has 0 unspecified atom stereocenters. The molecule has 1 N–H and O–H groups in total. The van der Waals surface area contributed by atoms with Crippen molar-refractivity contribution in [1.82, 2.24) is 9.88 Å². The Kier molecular flexibility index (Phi) is 4.50. The quantitative estimate of drug-likeness (QED) is 0.776. The first-order chi connectivity index (χ1) is 12.1. The fourth-order valence-electron chi connectivity index (χ4n) is 3.44. The Morgan fingerprint density at radius 2 is 1.96 bits per heavy atom. The summed E-state index contributed by atoms with van der Waals surface area (Å²) < 4.78 is 5.86. The van der Waals surface area contributed by atoms with Crippen LogP contribution in [-0.2, 0) is 0 Å². The first kappa shape index (κ1) is 16.6. The van der Waals surface area contributed by atoms with E-state index in [4.69, 9.17) is 4.42 Å². The zero-order valence-electron chi connectivity index (χ0n) is 14.6. The molecular formula is C19H23N3O2S. The van der Waals surface area contributed by atoms with Gasteiger partial charge in [-0.2, -0.15) is 4.98 Å². The monoisotopic (exact) mass is 357 g/mol. The molecule has 1 saturated heterocycles. The Balaban J connectivity index is 1.37. The number of nitrogens with zero attached hydrogens (tertiary/aromatic N) is 3. The summed E-state index contributed by atoms with van der Waals surface area (Å²) in [6, 6.07) is 10.7. The Hall–Kier alpha value is -1.89. The van der Waals surface area contributed by atoms with Crippen molar-refractivity contribution in [2.45, 2.75) is 20.0 Å². The summed E-state index contributed by atoms with van der Waals surface area (Å²) in [6.07, 6.45) is -0.416. The number of hydrogen-bond donors (Lipinski definition) is 1. The fraction of sp³-hybridized carbons (Fsp3) is 0.421. The van der Waals surface area contributed by atoms with Gasteiger partial charge in [-0.15, -0.1) is 11.3 Å². The van der Waals surface area contributed by atoms with Gasteiger partial charge in [-0.05, 0) is 37.6 Å². The predicted molar refractivity (Wildman–Crippen MR) is 101 cm³/mol. The predicted octanol–water partition coefficient (Wildman–Crippen LogP) is 3.36. The van der Waals surface area contributed by atoms with Crippen LogP contribution in [0.25, 0.3) is 11.1 Å². The summed E-state index contributed by atoms with van der Waals surface area (Å²) in [5.41, 5.74) is 2.81. The second-order valence-electron chi connectivity index (χ2n) is 6.64. The largest absolute Gasteiger partial charge is 0.423 e. The standard InChI is InChI=1S/C19H23N3O2S/c1-13-11-15(14(2)25-13)17(23)12-21-7-9-22(10-8-21)19-20-16-5-3-4-6-18(16)24-19/h3-6,11,17,23H,7-10,12H2,1-2H3/t17-/m1/s1. The van der Waals surface area contributed by atoms with Gasteiger partial charge in [0.25, 0.3) is 6.01 Å². The number of aliphatic hydroxyl groups excluding tert-OH is 1. The maximum Gasteiger partial charge on any atom is 0.298 e. The van der Waals surface area contributed by atoms with Gasteiger partial charge in [-0.3, -0.25) is 4.90 Å². The third-order valence-electron chi connectivity index (χ3n) is 4.79. The van der Waals surface area contributed by atoms with Crippen LogP contribution < -0.4 is 4.90 Å². The molecule has 1 aliphatic heterocycles. The van der Waals surface area contributed by atoms with Crippen LogP contribution in [0.4, 0.5) is 6.01 Å². The summed E-state index contributed by atoms with van der Waals surface area (Å²) >= 11 is 1.75. The molecule has 0 saturated carbocycles. The van der Waals surface area contributed by atoms with E-state index in [1.54, 1.807) is 11.3 Å². The molecule has 5 nitrogen and oxygen atoms in total. The SMILES string of the molecule is Cc1cc([C@H](O)CN2CCN(c3nc4ccccc4o3)CC2)c(C)s1. The number of piperazine rings is 1. The average molecular weight is 357 g/mol. The highest BCUT2D eigenvalue weighted by atomic mass is 32.1. The number of rotatable bonds is 4. The van der Waals surface area contributed by atoms with Crippen LogP contribution >= 0.6 is 11.3 Å². The van der Waals surface area contributed by atoms with E-state index in [-0.39, 0.29) is 0 Å². The molecule has 2 aromatic heterocycles. The van der Waals surface area contributed by atoms with Crippen molar-refractivity contribution in [2.75, 3.05) is 37.6 Å². The van der Waals surface area contributed by atoms with Gasteiger partial charge < -0.3 is 14.4 Å². The number of thiophene rings is 1. The van der Waals surface area contributed by atoms with Gasteiger partial charge in [0, 0.05) is 42.5 Å². The number of β-amino-alcohol motifs (C(OH)–C–C–N with tert-alkyl or cyclic N) is 1. The van der Waals surface area contributed by atoms with Gasteiger partial charge >= 0.3 is 0 Å². The van der Waals surface area contributed by atoms with E-state index in [2.05, 4.69) is 34.7 Å². The van der Waals surface area contributed by atoms with E-state index in [1.165, 1.54) is 9.75 Å². The van der Waals surface area contributed by atoms with Crippen LogP contribution in [0.2, 0.25) is 0 Å². The summed E-state index contributed by atoms with van der Waals surface area (Å²) in [7, 11) is 0. The summed E-state index contributed by atoms with van der Waals surface area (Å²) in [4.78, 5) is 11.6. The fourth-order valence-corrected chi connectivity index (χ4v) is 4.42. The third kappa shape index (κ3) is 3.42. The number of aliphatic hydroxyl groups is 1. The molecule has 0 radical (unpaired) electrons. The average Bonchev–Trinajstić information content (AvgIpc) is 3.18. The van der Waals surface area contributed by atoms with E-state index in [0.29, 0.717) is 12.6 Å². The molecule has 1 aromatic carbocycles. The highest BCUT2D eigenvalue weighted by Gasteiger charge is 2.23. The van der Waals surface area contributed by atoms with Gasteiger partial charge in [0.05, 0.1) is 6.10 Å². The van der Waals surface area contributed by atoms with Crippen molar-refractivity contribution >= 4 is 28.5 Å². The van der Waals surface area contributed by atoms with Crippen LogP contribution in [0, 0.1) is 13.8 Å². The van der Waals surface area contributed by atoms with Gasteiger partial charge in [0.2, 0.25) is 0 Å². The van der Waals surface area contributed by atoms with E-state index in [1.807, 2.05) is 24.3 Å². The number of anilines is 1. The number of fused-ring (bicyclic) bond motifs is 1. The maximum atomic E-state index is 10.6. The van der Waals surface area contributed by atoms with Crippen LogP contribution in [-0.4, -0.2) is 47.7 Å². The van der Waals surface area contributed by atoms with E-state index < -0.39 is 6.10 Å². The smallest absolute Gasteiger partial charge is 0.298 e. The lowest BCUT2D eigenvalue weighted by atomic mass is 10.1. The summed E-state index contributed by atoms with van der Waals surface area (Å²) in [6.45, 7) is 8.38. The van der Waals surface area contributed by atoms with Crippen molar-refractivity contribution in [3.05, 3.63) is 45.6 Å². The minimum atomic E-state index is -0.416. The molecule has 0 aliphatic carbocycles. The van der Waals surface area contributed by atoms with Crippen LogP contribution in [0.1, 0.15) is 21.4 Å². The molecule has 1 atom stereocenters. The molecule has 0 spiro atoms. The number of aryl methyl sites for hydroxylation is 2. The Bertz CT molecular complexity index is 832. The lowest BCUT2D eigenvalue weighted by Gasteiger charge is -2.34. The van der Waals surface area contributed by atoms with E-state index in [0.717, 1.165) is 42.8 Å². The van der Waals surface area contributed by atoms with E-state index >= 15 is 0 Å². The Morgan fingerprint density at radius 3 is 2.64 bits per heavy atom. The molecule has 3 aromatic rings. The second kappa shape index (κ2) is 6.78. The summed E-state index contributed by atoms with van der Waals surface area (Å²) in [5, 5.41) is 10.6. The van der Waals surface area contributed by atoms with Crippen molar-refractivity contribution in [2.24, 2.45) is 0 Å². The first-order valence-electron chi connectivity index (χ1n) is 8.68. The number of para-hydroxylation sites is 2. The van der Waals surface area contributed by atoms with Gasteiger partial charge in [0.1, 0.15) is 5.52 Å². The molecule has 132 valence electrons. The van der Waals surface area contributed by atoms with Crippen LogP contribution in [0.15, 0.2) is 34.7 Å². The van der Waals surface area contributed by atoms with Crippen molar-refractivity contribution in [3.8, 4) is 0 Å². The molecule has 1 fully saturated rings. The second-order valence-corrected chi connectivity index (χ2v) is 8.10. The molecule has 25 heavy (non-hydrogen) atoms. The molecule has 4 rings (SSSR count). The highest BCUT2D eigenvalue weighted by Crippen LogP contribution is 2.27. The van der Waals surface area contributed by atoms with Crippen molar-refractivity contribution in [1.29, 1.82) is 0 Å². The summed E-state index contributed by atoms with van der Waals surface area (Å²) in [5.74, 6) is 0. The zero-order valence-corrected chi connectivity index (χ0v) is 15.4. The molecule has 0 bridgehead atoms. The minimum absolute atomic E-state index is 0.416. The number of hydrogen-bond acceptors (Lipinski definition) is 6. The van der Waals surface area contributed by atoms with Crippen LogP contribution in [0.3, 0.4) is 0 Å². The lowest BCUT2D eigenvalue weighted by Crippen LogP contribution is -2.47. The van der Waals surface area contributed by atoms with Crippen molar-refractivity contribution in [3.63, 3.8) is 0 Å². The lowest BCUT2D eigenvalue weighted by molar-refractivity contribution is 0.109. The molecule has 3 heterocycles. The molecule has 1 aliphatic rings. The Labute approximate surface area is 151 Å². The van der Waals surface area contributed by atoms with E-state index in [9.17, 15) is 5.11 Å². The first-order valence-corrected chi connectivity index (χ1v) is 9.49. The molecular weight excluding hydrogens is 334 g/mol. The third-order valence-corrected chi connectivity index (χ3v) is 5.78. The normalized spacial score (nSPS) is 17.3. The number of benzene rings is 1. The topological polar surface area (TPSA) is 52.7 Å². The van der Waals surface area contributed by atoms with Gasteiger partial charge in [-0.1, -0.05) is 12.1 Å². The van der Waals surface area contributed by atoms with Crippen LogP contribution in [0.5, 0.6) is 0 Å².